The SMILES string of the molecule is COC(=O)Cn1c(=O)ccc2cc(CC[Si](C)(C)C)ccc21. The summed E-state index contributed by atoms with van der Waals surface area (Å²) in [6, 6.07) is 10.7. The number of esters is 1. The van der Waals surface area contributed by atoms with E-state index in [4.69, 9.17) is 0 Å². The van der Waals surface area contributed by atoms with Gasteiger partial charge in [-0.1, -0.05) is 31.8 Å². The smallest absolute Gasteiger partial charge is 0.325 e. The average molecular weight is 317 g/mol. The highest BCUT2D eigenvalue weighted by molar-refractivity contribution is 6.76. The van der Waals surface area contributed by atoms with Gasteiger partial charge in [0.1, 0.15) is 6.54 Å². The molecule has 0 spiro atoms. The summed E-state index contributed by atoms with van der Waals surface area (Å²) in [6.45, 7) is 7.03. The third kappa shape index (κ3) is 4.07. The summed E-state index contributed by atoms with van der Waals surface area (Å²) in [5, 5.41) is 0.983. The number of rotatable bonds is 5. The molecule has 2 aromatic rings. The minimum atomic E-state index is -1.07. The monoisotopic (exact) mass is 317 g/mol. The standard InChI is InChI=1S/C17H23NO3Si/c1-21-17(20)12-18-15-7-5-13(9-10-22(2,3)4)11-14(15)6-8-16(18)19/h5-8,11H,9-10,12H2,1-4H3. The summed E-state index contributed by atoms with van der Waals surface area (Å²) in [4.78, 5) is 23.5. The number of aryl methyl sites for hydroxylation is 1. The van der Waals surface area contributed by atoms with E-state index >= 15 is 0 Å². The van der Waals surface area contributed by atoms with Crippen LogP contribution in [-0.4, -0.2) is 25.7 Å². The van der Waals surface area contributed by atoms with Crippen LogP contribution >= 0.6 is 0 Å². The van der Waals surface area contributed by atoms with Crippen molar-refractivity contribution < 1.29 is 9.53 Å². The minimum absolute atomic E-state index is 0.0546. The first-order valence-electron chi connectivity index (χ1n) is 7.49. The number of hydrogen-bond acceptors (Lipinski definition) is 3. The van der Waals surface area contributed by atoms with Gasteiger partial charge in [-0.15, -0.1) is 0 Å². The van der Waals surface area contributed by atoms with E-state index in [0.717, 1.165) is 17.3 Å². The molecule has 0 atom stereocenters. The van der Waals surface area contributed by atoms with Crippen LogP contribution in [0.1, 0.15) is 5.56 Å². The fourth-order valence-electron chi connectivity index (χ4n) is 2.38. The topological polar surface area (TPSA) is 48.3 Å². The van der Waals surface area contributed by atoms with Crippen molar-refractivity contribution in [2.24, 2.45) is 0 Å². The summed E-state index contributed by atoms with van der Waals surface area (Å²) < 4.78 is 6.13. The lowest BCUT2D eigenvalue weighted by molar-refractivity contribution is -0.141. The third-order valence-corrected chi connectivity index (χ3v) is 5.48. The molecule has 0 N–H and O–H groups in total. The van der Waals surface area contributed by atoms with Crippen LogP contribution in [0, 0.1) is 0 Å². The summed E-state index contributed by atoms with van der Waals surface area (Å²) in [5.41, 5.74) is 1.86. The summed E-state index contributed by atoms with van der Waals surface area (Å²) in [5.74, 6) is -0.419. The maximum atomic E-state index is 12.0. The first-order chi connectivity index (χ1) is 10.3. The molecule has 1 aromatic carbocycles. The molecule has 118 valence electrons. The minimum Gasteiger partial charge on any atom is -0.468 e. The van der Waals surface area contributed by atoms with E-state index in [9.17, 15) is 9.59 Å². The Balaban J connectivity index is 2.37. The van der Waals surface area contributed by atoms with Gasteiger partial charge in [0.05, 0.1) is 12.6 Å². The molecule has 0 saturated carbocycles. The number of carbonyl (C=O) groups is 1. The predicted octanol–water partition coefficient (Wildman–Crippen LogP) is 3.06. The Morgan fingerprint density at radius 1 is 1.18 bits per heavy atom. The Morgan fingerprint density at radius 2 is 1.91 bits per heavy atom. The summed E-state index contributed by atoms with van der Waals surface area (Å²) >= 11 is 0. The predicted molar refractivity (Wildman–Crippen MR) is 92.1 cm³/mol. The van der Waals surface area contributed by atoms with Crippen molar-refractivity contribution in [1.82, 2.24) is 4.57 Å². The zero-order chi connectivity index (χ0) is 16.3. The Hall–Kier alpha value is -1.88. The maximum Gasteiger partial charge on any atom is 0.325 e. The zero-order valence-electron chi connectivity index (χ0n) is 13.7. The van der Waals surface area contributed by atoms with E-state index in [1.165, 1.54) is 29.4 Å². The number of methoxy groups -OCH3 is 1. The molecule has 0 aliphatic rings. The van der Waals surface area contributed by atoms with Crippen molar-refractivity contribution in [2.75, 3.05) is 7.11 Å². The van der Waals surface area contributed by atoms with E-state index in [2.05, 4.69) is 36.5 Å². The average Bonchev–Trinajstić information content (AvgIpc) is 2.47. The highest BCUT2D eigenvalue weighted by atomic mass is 28.3. The Kier molecular flexibility index (Phi) is 4.86. The van der Waals surface area contributed by atoms with Gasteiger partial charge in [0.2, 0.25) is 0 Å². The van der Waals surface area contributed by atoms with Gasteiger partial charge in [0, 0.05) is 14.1 Å². The van der Waals surface area contributed by atoms with Crippen molar-refractivity contribution in [3.63, 3.8) is 0 Å². The molecule has 0 fully saturated rings. The van der Waals surface area contributed by atoms with Crippen LogP contribution in [-0.2, 0) is 22.5 Å². The lowest BCUT2D eigenvalue weighted by Gasteiger charge is -2.16. The fraction of sp³-hybridized carbons (Fsp3) is 0.412. The van der Waals surface area contributed by atoms with Crippen LogP contribution in [0.3, 0.4) is 0 Å². The van der Waals surface area contributed by atoms with Gasteiger partial charge in [-0.2, -0.15) is 0 Å². The number of carbonyl (C=O) groups excluding carboxylic acids is 1. The number of benzene rings is 1. The van der Waals surface area contributed by atoms with Crippen LogP contribution in [0.2, 0.25) is 25.7 Å². The Bertz CT molecular complexity index is 744. The van der Waals surface area contributed by atoms with Gasteiger partial charge in [-0.3, -0.25) is 14.2 Å². The molecule has 0 unspecified atom stereocenters. The van der Waals surface area contributed by atoms with E-state index in [-0.39, 0.29) is 12.1 Å². The summed E-state index contributed by atoms with van der Waals surface area (Å²) in [7, 11) is 0.256. The second kappa shape index (κ2) is 6.48. The van der Waals surface area contributed by atoms with Crippen molar-refractivity contribution in [3.05, 3.63) is 46.2 Å². The quantitative estimate of drug-likeness (QED) is 0.629. The van der Waals surface area contributed by atoms with E-state index in [1.807, 2.05) is 12.1 Å². The molecular weight excluding hydrogens is 294 g/mol. The second-order valence-electron chi connectivity index (χ2n) is 6.79. The summed E-state index contributed by atoms with van der Waals surface area (Å²) in [6.07, 6.45) is 1.06. The van der Waals surface area contributed by atoms with Gasteiger partial charge in [0.15, 0.2) is 0 Å². The van der Waals surface area contributed by atoms with Crippen LogP contribution in [0.5, 0.6) is 0 Å². The number of nitrogens with zero attached hydrogens (tertiary/aromatic N) is 1. The molecule has 2 rings (SSSR count). The van der Waals surface area contributed by atoms with Gasteiger partial charge < -0.3 is 4.74 Å². The van der Waals surface area contributed by atoms with Gasteiger partial charge >= 0.3 is 5.97 Å². The van der Waals surface area contributed by atoms with Gasteiger partial charge in [-0.05, 0) is 35.6 Å². The molecule has 0 radical (unpaired) electrons. The lowest BCUT2D eigenvalue weighted by atomic mass is 10.1. The first-order valence-corrected chi connectivity index (χ1v) is 11.2. The molecule has 0 aliphatic carbocycles. The maximum absolute atomic E-state index is 12.0. The molecule has 1 aromatic heterocycles. The largest absolute Gasteiger partial charge is 0.468 e. The molecule has 22 heavy (non-hydrogen) atoms. The van der Waals surface area contributed by atoms with E-state index < -0.39 is 14.0 Å². The molecule has 4 nitrogen and oxygen atoms in total. The number of ether oxygens (including phenoxy) is 1. The van der Waals surface area contributed by atoms with Crippen LogP contribution < -0.4 is 5.56 Å². The lowest BCUT2D eigenvalue weighted by Crippen LogP contribution is -2.24. The Morgan fingerprint density at radius 3 is 2.55 bits per heavy atom. The van der Waals surface area contributed by atoms with Crippen molar-refractivity contribution in [2.45, 2.75) is 38.7 Å². The first kappa shape index (κ1) is 16.5. The molecule has 0 bridgehead atoms. The van der Waals surface area contributed by atoms with E-state index in [0.29, 0.717) is 0 Å². The number of fused-ring (bicyclic) bond motifs is 1. The highest BCUT2D eigenvalue weighted by Crippen LogP contribution is 2.19. The number of aromatic nitrogens is 1. The zero-order valence-corrected chi connectivity index (χ0v) is 14.7. The second-order valence-corrected chi connectivity index (χ2v) is 12.4. The number of hydrogen-bond donors (Lipinski definition) is 0. The molecule has 0 aliphatic heterocycles. The van der Waals surface area contributed by atoms with Crippen LogP contribution in [0.25, 0.3) is 10.9 Å². The fourth-order valence-corrected chi connectivity index (χ4v) is 3.42. The van der Waals surface area contributed by atoms with Gasteiger partial charge in [0.25, 0.3) is 5.56 Å². The normalized spacial score (nSPS) is 11.6. The molecule has 5 heteroatoms. The third-order valence-electron chi connectivity index (χ3n) is 3.73. The highest BCUT2D eigenvalue weighted by Gasteiger charge is 2.13. The Labute approximate surface area is 131 Å². The van der Waals surface area contributed by atoms with Crippen LogP contribution in [0.15, 0.2) is 35.1 Å². The van der Waals surface area contributed by atoms with Crippen molar-refractivity contribution >= 4 is 24.9 Å². The molecular formula is C17H23NO3Si. The van der Waals surface area contributed by atoms with E-state index in [1.54, 1.807) is 0 Å². The molecule has 1 heterocycles. The molecule has 0 saturated heterocycles. The number of pyridine rings is 1. The van der Waals surface area contributed by atoms with Crippen LogP contribution in [0.4, 0.5) is 0 Å². The van der Waals surface area contributed by atoms with Crippen molar-refractivity contribution in [1.29, 1.82) is 0 Å². The molecule has 0 amide bonds. The van der Waals surface area contributed by atoms with Crippen molar-refractivity contribution in [3.8, 4) is 0 Å². The van der Waals surface area contributed by atoms with Gasteiger partial charge in [-0.25, -0.2) is 0 Å².